The molecule has 1 atom stereocenters. The molecule has 0 radical (unpaired) electrons. The van der Waals surface area contributed by atoms with Crippen LogP contribution in [-0.2, 0) is 13.0 Å². The first kappa shape index (κ1) is 14.8. The molecule has 108 valence electrons. The third-order valence-corrected chi connectivity index (χ3v) is 3.68. The van der Waals surface area contributed by atoms with Gasteiger partial charge in [-0.2, -0.15) is 0 Å². The maximum absolute atomic E-state index is 4.05. The number of aryl methyl sites for hydroxylation is 1. The first-order valence-electron chi connectivity index (χ1n) is 7.57. The summed E-state index contributed by atoms with van der Waals surface area (Å²) >= 11 is 0. The molecule has 0 saturated carbocycles. The minimum absolute atomic E-state index is 0.388. The number of unbranched alkanes of at least 4 members (excludes halogenated alkanes) is 1. The van der Waals surface area contributed by atoms with E-state index in [-0.39, 0.29) is 0 Å². The average Bonchev–Trinajstić information content (AvgIpc) is 2.99. The summed E-state index contributed by atoms with van der Waals surface area (Å²) in [5.41, 5.74) is 2.80. The van der Waals surface area contributed by atoms with E-state index in [0.717, 1.165) is 13.1 Å². The molecule has 0 bridgehead atoms. The van der Waals surface area contributed by atoms with Crippen LogP contribution in [0.3, 0.4) is 0 Å². The zero-order chi connectivity index (χ0) is 14.2. The number of imidazole rings is 1. The lowest BCUT2D eigenvalue weighted by Crippen LogP contribution is -2.23. The van der Waals surface area contributed by atoms with Crippen LogP contribution < -0.4 is 5.32 Å². The molecule has 0 amide bonds. The smallest absolute Gasteiger partial charge is 0.0946 e. The highest BCUT2D eigenvalue weighted by molar-refractivity contribution is 5.24. The van der Waals surface area contributed by atoms with Gasteiger partial charge in [0.1, 0.15) is 0 Å². The highest BCUT2D eigenvalue weighted by Gasteiger charge is 2.04. The molecular weight excluding hydrogens is 246 g/mol. The fraction of sp³-hybridized carbons (Fsp3) is 0.471. The summed E-state index contributed by atoms with van der Waals surface area (Å²) in [5.74, 6) is 0. The van der Waals surface area contributed by atoms with Gasteiger partial charge in [0.25, 0.3) is 0 Å². The number of nitrogens with one attached hydrogen (secondary N) is 1. The van der Waals surface area contributed by atoms with Crippen LogP contribution in [0, 0.1) is 0 Å². The van der Waals surface area contributed by atoms with Crippen LogP contribution in [0.4, 0.5) is 0 Å². The van der Waals surface area contributed by atoms with Gasteiger partial charge in [0, 0.05) is 31.5 Å². The van der Waals surface area contributed by atoms with Gasteiger partial charge in [-0.3, -0.25) is 0 Å². The molecule has 20 heavy (non-hydrogen) atoms. The fourth-order valence-corrected chi connectivity index (χ4v) is 2.30. The van der Waals surface area contributed by atoms with Crippen LogP contribution in [0.5, 0.6) is 0 Å². The number of rotatable bonds is 8. The molecule has 0 spiro atoms. The lowest BCUT2D eigenvalue weighted by atomic mass is 10.0. The van der Waals surface area contributed by atoms with E-state index < -0.39 is 0 Å². The Morgan fingerprint density at radius 1 is 1.25 bits per heavy atom. The predicted molar refractivity (Wildman–Crippen MR) is 83.7 cm³/mol. The molecule has 0 aliphatic rings. The summed E-state index contributed by atoms with van der Waals surface area (Å²) in [7, 11) is 0. The highest BCUT2D eigenvalue weighted by atomic mass is 15.0. The van der Waals surface area contributed by atoms with Crippen LogP contribution in [-0.4, -0.2) is 16.1 Å². The Kier molecular flexibility index (Phi) is 5.81. The quantitative estimate of drug-likeness (QED) is 0.795. The summed E-state index contributed by atoms with van der Waals surface area (Å²) < 4.78 is 2.09. The molecule has 3 heteroatoms. The number of hydrogen-bond donors (Lipinski definition) is 1. The lowest BCUT2D eigenvalue weighted by Gasteiger charge is -2.15. The lowest BCUT2D eigenvalue weighted by molar-refractivity contribution is 0.531. The molecule has 0 aliphatic carbocycles. The number of nitrogens with zero attached hydrogens (tertiary/aromatic N) is 2. The Bertz CT molecular complexity index is 473. The summed E-state index contributed by atoms with van der Waals surface area (Å²) in [6, 6.07) is 9.41. The summed E-state index contributed by atoms with van der Waals surface area (Å²) in [5, 5.41) is 3.55. The van der Waals surface area contributed by atoms with Gasteiger partial charge in [0.05, 0.1) is 6.33 Å². The molecule has 1 aromatic carbocycles. The van der Waals surface area contributed by atoms with E-state index in [1.165, 1.54) is 30.4 Å². The molecule has 3 nitrogen and oxygen atoms in total. The first-order chi connectivity index (χ1) is 9.79. The molecule has 1 aromatic heterocycles. The minimum atomic E-state index is 0.388. The van der Waals surface area contributed by atoms with Crippen LogP contribution in [0.25, 0.3) is 0 Å². The number of hydrogen-bond acceptors (Lipinski definition) is 2. The molecule has 1 unspecified atom stereocenters. The van der Waals surface area contributed by atoms with Crippen molar-refractivity contribution in [2.45, 2.75) is 45.7 Å². The third kappa shape index (κ3) is 4.49. The Labute approximate surface area is 122 Å². The van der Waals surface area contributed by atoms with Gasteiger partial charge in [0.15, 0.2) is 0 Å². The van der Waals surface area contributed by atoms with E-state index in [4.69, 9.17) is 0 Å². The largest absolute Gasteiger partial charge is 0.336 e. The van der Waals surface area contributed by atoms with E-state index in [1.807, 2.05) is 18.7 Å². The van der Waals surface area contributed by atoms with E-state index in [1.54, 1.807) is 0 Å². The van der Waals surface area contributed by atoms with Crippen molar-refractivity contribution in [1.82, 2.24) is 14.9 Å². The van der Waals surface area contributed by atoms with E-state index in [0.29, 0.717) is 6.04 Å². The maximum atomic E-state index is 4.05. The third-order valence-electron chi connectivity index (χ3n) is 3.68. The van der Waals surface area contributed by atoms with Gasteiger partial charge in [-0.25, -0.2) is 4.98 Å². The van der Waals surface area contributed by atoms with Gasteiger partial charge < -0.3 is 9.88 Å². The average molecular weight is 271 g/mol. The second-order valence-corrected chi connectivity index (χ2v) is 5.32. The predicted octanol–water partition coefficient (Wildman–Crippen LogP) is 3.58. The van der Waals surface area contributed by atoms with Crippen molar-refractivity contribution >= 4 is 0 Å². The Hall–Kier alpha value is -1.61. The molecular formula is C17H25N3. The fourth-order valence-electron chi connectivity index (χ4n) is 2.30. The Morgan fingerprint density at radius 3 is 2.70 bits per heavy atom. The minimum Gasteiger partial charge on any atom is -0.336 e. The molecule has 2 aromatic rings. The molecule has 0 fully saturated rings. The maximum Gasteiger partial charge on any atom is 0.0946 e. The summed E-state index contributed by atoms with van der Waals surface area (Å²) in [4.78, 5) is 4.05. The van der Waals surface area contributed by atoms with Crippen LogP contribution in [0.15, 0.2) is 43.0 Å². The van der Waals surface area contributed by atoms with Crippen molar-refractivity contribution in [3.8, 4) is 0 Å². The topological polar surface area (TPSA) is 29.9 Å². The van der Waals surface area contributed by atoms with E-state index >= 15 is 0 Å². The van der Waals surface area contributed by atoms with Crippen molar-refractivity contribution in [2.24, 2.45) is 0 Å². The van der Waals surface area contributed by atoms with Crippen molar-refractivity contribution in [3.63, 3.8) is 0 Å². The normalized spacial score (nSPS) is 12.5. The van der Waals surface area contributed by atoms with Gasteiger partial charge in [-0.05, 0) is 30.9 Å². The van der Waals surface area contributed by atoms with Gasteiger partial charge >= 0.3 is 0 Å². The first-order valence-corrected chi connectivity index (χ1v) is 7.57. The molecule has 1 N–H and O–H groups in total. The van der Waals surface area contributed by atoms with Gasteiger partial charge in [0.2, 0.25) is 0 Å². The SMILES string of the molecule is CCCCc1ccc(C(C)NCCn2ccnc2)cc1. The molecule has 1 heterocycles. The second-order valence-electron chi connectivity index (χ2n) is 5.32. The zero-order valence-electron chi connectivity index (χ0n) is 12.5. The van der Waals surface area contributed by atoms with Crippen molar-refractivity contribution in [1.29, 1.82) is 0 Å². The van der Waals surface area contributed by atoms with E-state index in [9.17, 15) is 0 Å². The molecule has 0 aliphatic heterocycles. The van der Waals surface area contributed by atoms with Crippen molar-refractivity contribution in [3.05, 3.63) is 54.1 Å². The van der Waals surface area contributed by atoms with Crippen LogP contribution >= 0.6 is 0 Å². The second kappa shape index (κ2) is 7.85. The molecule has 0 saturated heterocycles. The van der Waals surface area contributed by atoms with Crippen LogP contribution in [0.2, 0.25) is 0 Å². The number of aromatic nitrogens is 2. The standard InChI is InChI=1S/C17H25N3/c1-3-4-5-16-6-8-17(9-7-16)15(2)19-11-13-20-12-10-18-14-20/h6-10,12,14-15,19H,3-5,11,13H2,1-2H3. The zero-order valence-corrected chi connectivity index (χ0v) is 12.5. The monoisotopic (exact) mass is 271 g/mol. The Morgan fingerprint density at radius 2 is 2.05 bits per heavy atom. The van der Waals surface area contributed by atoms with E-state index in [2.05, 4.69) is 53.0 Å². The van der Waals surface area contributed by atoms with Gasteiger partial charge in [-0.1, -0.05) is 37.6 Å². The van der Waals surface area contributed by atoms with Crippen LogP contribution in [0.1, 0.15) is 43.9 Å². The summed E-state index contributed by atoms with van der Waals surface area (Å²) in [6.07, 6.45) is 9.40. The van der Waals surface area contributed by atoms with Crippen molar-refractivity contribution < 1.29 is 0 Å². The highest BCUT2D eigenvalue weighted by Crippen LogP contribution is 2.14. The summed E-state index contributed by atoms with van der Waals surface area (Å²) in [6.45, 7) is 6.36. The van der Waals surface area contributed by atoms with Gasteiger partial charge in [-0.15, -0.1) is 0 Å². The van der Waals surface area contributed by atoms with Crippen molar-refractivity contribution in [2.75, 3.05) is 6.54 Å². The number of benzene rings is 1. The Balaban J connectivity index is 1.78. The molecule has 2 rings (SSSR count).